The predicted octanol–water partition coefficient (Wildman–Crippen LogP) is 3.00. The molecule has 0 bridgehead atoms. The van der Waals surface area contributed by atoms with E-state index in [2.05, 4.69) is 18.8 Å². The average molecular weight is 169 g/mol. The lowest BCUT2D eigenvalue weighted by atomic mass is 10.1. The Morgan fingerprint density at radius 1 is 1.50 bits per heavy atom. The molecule has 2 heteroatoms. The molecular weight excluding hydrogens is 150 g/mol. The van der Waals surface area contributed by atoms with E-state index in [-0.39, 0.29) is 0 Å². The Kier molecular flexibility index (Phi) is 6.44. The Hall–Kier alpha value is -0.790. The molecule has 0 aliphatic heterocycles. The Labute approximate surface area is 75.3 Å². The molecule has 0 rings (SSSR count). The molecule has 0 amide bonds. The van der Waals surface area contributed by atoms with Gasteiger partial charge in [-0.3, -0.25) is 0 Å². The van der Waals surface area contributed by atoms with E-state index in [0.29, 0.717) is 5.92 Å². The minimum Gasteiger partial charge on any atom is -0.478 e. The molecule has 0 aliphatic rings. The quantitative estimate of drug-likeness (QED) is 0.458. The molecule has 2 nitrogen and oxygen atoms in total. The van der Waals surface area contributed by atoms with Gasteiger partial charge >= 0.3 is 0 Å². The summed E-state index contributed by atoms with van der Waals surface area (Å²) in [7, 11) is 0. The molecule has 0 aromatic carbocycles. The Morgan fingerprint density at radius 2 is 2.17 bits per heavy atom. The van der Waals surface area contributed by atoms with Crippen molar-refractivity contribution in [1.82, 2.24) is 0 Å². The molecule has 0 radical (unpaired) electrons. The van der Waals surface area contributed by atoms with Gasteiger partial charge in [-0.1, -0.05) is 20.3 Å². The molecule has 0 saturated heterocycles. The molecule has 1 unspecified atom stereocenters. The SMILES string of the molecule is CC=N/C(=C\C)OCC(C)CC. The summed E-state index contributed by atoms with van der Waals surface area (Å²) in [6.45, 7) is 8.90. The molecule has 1 atom stereocenters. The fraction of sp³-hybridized carbons (Fsp3) is 0.700. The van der Waals surface area contributed by atoms with Crippen LogP contribution in [0.15, 0.2) is 17.0 Å². The lowest BCUT2D eigenvalue weighted by molar-refractivity contribution is 0.168. The molecule has 0 fully saturated rings. The van der Waals surface area contributed by atoms with E-state index in [1.807, 2.05) is 19.9 Å². The normalized spacial score (nSPS) is 15.2. The molecule has 0 N–H and O–H groups in total. The van der Waals surface area contributed by atoms with Gasteiger partial charge in [0, 0.05) is 6.21 Å². The molecular formula is C10H19NO. The molecule has 0 aromatic rings. The van der Waals surface area contributed by atoms with Crippen LogP contribution in [0.2, 0.25) is 0 Å². The standard InChI is InChI=1S/C10H19NO/c1-5-9(4)8-12-10(6-2)11-7-3/h6-7,9H,5,8H2,1-4H3/b10-6+,11-7?. The lowest BCUT2D eigenvalue weighted by Gasteiger charge is -2.10. The van der Waals surface area contributed by atoms with Gasteiger partial charge in [0.05, 0.1) is 6.61 Å². The summed E-state index contributed by atoms with van der Waals surface area (Å²) in [5, 5.41) is 0. The Balaban J connectivity index is 3.74. The van der Waals surface area contributed by atoms with Crippen LogP contribution >= 0.6 is 0 Å². The topological polar surface area (TPSA) is 21.6 Å². The van der Waals surface area contributed by atoms with Crippen LogP contribution in [0.5, 0.6) is 0 Å². The maximum Gasteiger partial charge on any atom is 0.208 e. The van der Waals surface area contributed by atoms with E-state index < -0.39 is 0 Å². The molecule has 0 heterocycles. The highest BCUT2D eigenvalue weighted by Gasteiger charge is 1.99. The van der Waals surface area contributed by atoms with Gasteiger partial charge in [0.2, 0.25) is 5.88 Å². The molecule has 0 aliphatic carbocycles. The summed E-state index contributed by atoms with van der Waals surface area (Å²) in [5.41, 5.74) is 0. The van der Waals surface area contributed by atoms with Gasteiger partial charge in [0.1, 0.15) is 0 Å². The third-order valence-corrected chi connectivity index (χ3v) is 1.72. The molecule has 0 aromatic heterocycles. The van der Waals surface area contributed by atoms with Crippen molar-refractivity contribution >= 4 is 6.21 Å². The van der Waals surface area contributed by atoms with Gasteiger partial charge in [-0.05, 0) is 25.8 Å². The predicted molar refractivity (Wildman–Crippen MR) is 53.3 cm³/mol. The second-order valence-corrected chi connectivity index (χ2v) is 2.84. The highest BCUT2D eigenvalue weighted by atomic mass is 16.5. The first-order valence-corrected chi connectivity index (χ1v) is 4.52. The lowest BCUT2D eigenvalue weighted by Crippen LogP contribution is -2.03. The monoisotopic (exact) mass is 169 g/mol. The Morgan fingerprint density at radius 3 is 2.58 bits per heavy atom. The zero-order valence-electron chi connectivity index (χ0n) is 8.50. The largest absolute Gasteiger partial charge is 0.478 e. The molecule has 0 spiro atoms. The first-order chi connectivity index (χ1) is 5.74. The van der Waals surface area contributed by atoms with Crippen LogP contribution in [0.25, 0.3) is 0 Å². The van der Waals surface area contributed by atoms with Crippen molar-refractivity contribution in [2.24, 2.45) is 10.9 Å². The fourth-order valence-corrected chi connectivity index (χ4v) is 0.668. The van der Waals surface area contributed by atoms with Crippen molar-refractivity contribution in [2.75, 3.05) is 6.61 Å². The van der Waals surface area contributed by atoms with Crippen LogP contribution in [0.4, 0.5) is 0 Å². The number of rotatable bonds is 5. The van der Waals surface area contributed by atoms with E-state index >= 15 is 0 Å². The van der Waals surface area contributed by atoms with Crippen LogP contribution in [0.3, 0.4) is 0 Å². The van der Waals surface area contributed by atoms with Crippen molar-refractivity contribution in [3.05, 3.63) is 12.0 Å². The first kappa shape index (κ1) is 11.2. The smallest absolute Gasteiger partial charge is 0.208 e. The maximum absolute atomic E-state index is 5.45. The highest BCUT2D eigenvalue weighted by Crippen LogP contribution is 2.05. The second-order valence-electron chi connectivity index (χ2n) is 2.84. The van der Waals surface area contributed by atoms with Crippen LogP contribution in [-0.4, -0.2) is 12.8 Å². The Bertz CT molecular complexity index is 161. The van der Waals surface area contributed by atoms with Gasteiger partial charge in [-0.15, -0.1) is 0 Å². The first-order valence-electron chi connectivity index (χ1n) is 4.52. The van der Waals surface area contributed by atoms with E-state index in [0.717, 1.165) is 18.9 Å². The van der Waals surface area contributed by atoms with Gasteiger partial charge < -0.3 is 4.74 Å². The second kappa shape index (κ2) is 6.89. The summed E-state index contributed by atoms with van der Waals surface area (Å²) in [6.07, 6.45) is 4.77. The van der Waals surface area contributed by atoms with Crippen molar-refractivity contribution in [1.29, 1.82) is 0 Å². The summed E-state index contributed by atoms with van der Waals surface area (Å²) in [4.78, 5) is 4.06. The maximum atomic E-state index is 5.45. The van der Waals surface area contributed by atoms with Crippen LogP contribution in [0.1, 0.15) is 34.1 Å². The van der Waals surface area contributed by atoms with Gasteiger partial charge in [-0.2, -0.15) is 0 Å². The van der Waals surface area contributed by atoms with E-state index in [9.17, 15) is 0 Å². The fourth-order valence-electron chi connectivity index (χ4n) is 0.668. The summed E-state index contributed by atoms with van der Waals surface area (Å²) in [6, 6.07) is 0. The summed E-state index contributed by atoms with van der Waals surface area (Å²) < 4.78 is 5.45. The number of hydrogen-bond acceptors (Lipinski definition) is 2. The van der Waals surface area contributed by atoms with Gasteiger partial charge in [0.25, 0.3) is 0 Å². The molecule has 0 saturated carbocycles. The molecule has 12 heavy (non-hydrogen) atoms. The van der Waals surface area contributed by atoms with Gasteiger partial charge in [0.15, 0.2) is 0 Å². The van der Waals surface area contributed by atoms with Gasteiger partial charge in [-0.25, -0.2) is 4.99 Å². The zero-order valence-corrected chi connectivity index (χ0v) is 8.50. The van der Waals surface area contributed by atoms with Crippen molar-refractivity contribution < 1.29 is 4.74 Å². The van der Waals surface area contributed by atoms with Crippen LogP contribution in [-0.2, 0) is 4.74 Å². The van der Waals surface area contributed by atoms with Crippen LogP contribution in [0, 0.1) is 5.92 Å². The summed E-state index contributed by atoms with van der Waals surface area (Å²) in [5.74, 6) is 1.32. The van der Waals surface area contributed by atoms with Crippen molar-refractivity contribution in [3.8, 4) is 0 Å². The van der Waals surface area contributed by atoms with E-state index in [1.165, 1.54) is 0 Å². The zero-order chi connectivity index (χ0) is 9.40. The number of ether oxygens (including phenoxy) is 1. The summed E-state index contributed by atoms with van der Waals surface area (Å²) >= 11 is 0. The van der Waals surface area contributed by atoms with E-state index in [1.54, 1.807) is 6.21 Å². The third-order valence-electron chi connectivity index (χ3n) is 1.72. The van der Waals surface area contributed by atoms with Crippen molar-refractivity contribution in [3.63, 3.8) is 0 Å². The number of allylic oxidation sites excluding steroid dienone is 1. The van der Waals surface area contributed by atoms with Crippen molar-refractivity contribution in [2.45, 2.75) is 34.1 Å². The average Bonchev–Trinajstić information content (AvgIpc) is 2.11. The molecule has 70 valence electrons. The number of nitrogens with zero attached hydrogens (tertiary/aromatic N) is 1. The number of hydrogen-bond donors (Lipinski definition) is 0. The minimum atomic E-state index is 0.604. The van der Waals surface area contributed by atoms with Crippen LogP contribution < -0.4 is 0 Å². The third kappa shape index (κ3) is 4.94. The number of aliphatic imine (C=N–C) groups is 1. The minimum absolute atomic E-state index is 0.604. The highest BCUT2D eigenvalue weighted by molar-refractivity contribution is 5.54. The van der Waals surface area contributed by atoms with E-state index in [4.69, 9.17) is 4.74 Å².